The van der Waals surface area contributed by atoms with Crippen LogP contribution in [-0.2, 0) is 14.6 Å². The number of carboxylic acids is 1. The second-order valence-corrected chi connectivity index (χ2v) is 8.23. The number of hydrogen-bond donors (Lipinski definition) is 1. The summed E-state index contributed by atoms with van der Waals surface area (Å²) in [5, 5.41) is 8.50. The van der Waals surface area contributed by atoms with E-state index in [1.54, 1.807) is 24.3 Å². The van der Waals surface area contributed by atoms with E-state index in [4.69, 9.17) is 0 Å². The zero-order valence-electron chi connectivity index (χ0n) is 12.9. The maximum atomic E-state index is 12.8. The van der Waals surface area contributed by atoms with E-state index in [0.29, 0.717) is 0 Å². The lowest BCUT2D eigenvalue weighted by atomic mass is 10.1. The molecule has 3 rings (SSSR count). The first-order valence-corrected chi connectivity index (χ1v) is 8.97. The van der Waals surface area contributed by atoms with Gasteiger partial charge in [-0.2, -0.15) is 0 Å². The zero-order chi connectivity index (χ0) is 16.8. The van der Waals surface area contributed by atoms with Crippen molar-refractivity contribution in [2.75, 3.05) is 0 Å². The van der Waals surface area contributed by atoms with Gasteiger partial charge in [-0.3, -0.25) is 4.79 Å². The van der Waals surface area contributed by atoms with Crippen LogP contribution < -0.4 is 0 Å². The third-order valence-corrected chi connectivity index (χ3v) is 6.64. The molecule has 5 heteroatoms. The van der Waals surface area contributed by atoms with Crippen LogP contribution >= 0.6 is 0 Å². The predicted molar refractivity (Wildman–Crippen MR) is 87.2 cm³/mol. The summed E-state index contributed by atoms with van der Waals surface area (Å²) in [6, 6.07) is 13.9. The van der Waals surface area contributed by atoms with Gasteiger partial charge >= 0.3 is 5.97 Å². The van der Waals surface area contributed by atoms with Gasteiger partial charge < -0.3 is 5.11 Å². The lowest BCUT2D eigenvalue weighted by molar-refractivity contribution is -0.138. The van der Waals surface area contributed by atoms with Crippen LogP contribution in [0, 0.1) is 19.8 Å². The maximum absolute atomic E-state index is 12.8. The van der Waals surface area contributed by atoms with Gasteiger partial charge in [-0.25, -0.2) is 8.42 Å². The van der Waals surface area contributed by atoms with Gasteiger partial charge in [0, 0.05) is 5.92 Å². The van der Waals surface area contributed by atoms with Crippen LogP contribution in [0.2, 0.25) is 0 Å². The van der Waals surface area contributed by atoms with E-state index in [0.717, 1.165) is 16.7 Å². The Morgan fingerprint density at radius 3 is 1.87 bits per heavy atom. The molecule has 0 bridgehead atoms. The van der Waals surface area contributed by atoms with Crippen molar-refractivity contribution in [2.45, 2.75) is 29.9 Å². The number of sulfone groups is 1. The van der Waals surface area contributed by atoms with E-state index in [9.17, 15) is 18.3 Å². The number of benzene rings is 2. The Hall–Kier alpha value is -2.14. The van der Waals surface area contributed by atoms with Crippen molar-refractivity contribution in [3.63, 3.8) is 0 Å². The molecule has 0 saturated heterocycles. The lowest BCUT2D eigenvalue weighted by Crippen LogP contribution is -2.13. The molecule has 1 saturated carbocycles. The first kappa shape index (κ1) is 15.7. The molecule has 0 aromatic heterocycles. The van der Waals surface area contributed by atoms with Gasteiger partial charge in [0.25, 0.3) is 0 Å². The van der Waals surface area contributed by atoms with Gasteiger partial charge in [0.2, 0.25) is 0 Å². The third-order valence-electron chi connectivity index (χ3n) is 4.41. The highest BCUT2D eigenvalue weighted by Crippen LogP contribution is 2.54. The van der Waals surface area contributed by atoms with E-state index in [-0.39, 0.29) is 4.90 Å². The lowest BCUT2D eigenvalue weighted by Gasteiger charge is -2.05. The van der Waals surface area contributed by atoms with Crippen molar-refractivity contribution >= 4 is 15.8 Å². The number of carboxylic acid groups (broad SMARTS) is 1. The van der Waals surface area contributed by atoms with Gasteiger partial charge in [0.15, 0.2) is 9.84 Å². The summed E-state index contributed by atoms with van der Waals surface area (Å²) in [4.78, 5) is 11.7. The van der Waals surface area contributed by atoms with Crippen molar-refractivity contribution in [2.24, 2.45) is 5.92 Å². The average molecular weight is 330 g/mol. The number of carbonyl (C=O) groups is 1. The molecule has 23 heavy (non-hydrogen) atoms. The van der Waals surface area contributed by atoms with Gasteiger partial charge in [-0.15, -0.1) is 0 Å². The monoisotopic (exact) mass is 330 g/mol. The molecular weight excluding hydrogens is 312 g/mol. The predicted octanol–water partition coefficient (Wildman–Crippen LogP) is 2.94. The minimum absolute atomic E-state index is 0.189. The third kappa shape index (κ3) is 2.77. The molecule has 4 nitrogen and oxygen atoms in total. The molecule has 0 unspecified atom stereocenters. The summed E-state index contributed by atoms with van der Waals surface area (Å²) in [5.41, 5.74) is 2.78. The highest BCUT2D eigenvalue weighted by Gasteiger charge is 2.63. The highest BCUT2D eigenvalue weighted by molar-refractivity contribution is 7.92. The second kappa shape index (κ2) is 5.49. The first-order chi connectivity index (χ1) is 10.8. The summed E-state index contributed by atoms with van der Waals surface area (Å²) in [5.74, 6) is -2.43. The number of rotatable bonds is 4. The fraction of sp³-hybridized carbons (Fsp3) is 0.278. The topological polar surface area (TPSA) is 71.4 Å². The molecule has 2 aromatic carbocycles. The van der Waals surface area contributed by atoms with E-state index in [1.807, 2.05) is 38.1 Å². The second-order valence-electron chi connectivity index (χ2n) is 6.12. The number of aliphatic carboxylic acids is 1. The molecule has 2 aromatic rings. The molecular formula is C18H18O4S. The molecule has 0 aliphatic heterocycles. The molecule has 0 spiro atoms. The molecule has 0 amide bonds. The van der Waals surface area contributed by atoms with Gasteiger partial charge in [-0.05, 0) is 31.5 Å². The van der Waals surface area contributed by atoms with Crippen molar-refractivity contribution in [1.82, 2.24) is 0 Å². The SMILES string of the molecule is Cc1ccc([C@@H]2[C@@H](C(=O)O)[C@@H]2S(=O)(=O)c2ccc(C)cc2)cc1. The molecule has 1 fully saturated rings. The quantitative estimate of drug-likeness (QED) is 0.935. The van der Waals surface area contributed by atoms with Crippen molar-refractivity contribution in [3.05, 3.63) is 65.2 Å². The molecule has 0 heterocycles. The zero-order valence-corrected chi connectivity index (χ0v) is 13.7. The normalized spacial score (nSPS) is 23.5. The van der Waals surface area contributed by atoms with Crippen molar-refractivity contribution < 1.29 is 18.3 Å². The average Bonchev–Trinajstić information content (AvgIpc) is 3.25. The van der Waals surface area contributed by atoms with E-state index >= 15 is 0 Å². The van der Waals surface area contributed by atoms with Crippen molar-refractivity contribution in [1.29, 1.82) is 0 Å². The fourth-order valence-corrected chi connectivity index (χ4v) is 5.16. The minimum Gasteiger partial charge on any atom is -0.481 e. The molecule has 0 radical (unpaired) electrons. The Labute approximate surface area is 135 Å². The Bertz CT molecular complexity index is 836. The molecule has 1 N–H and O–H groups in total. The van der Waals surface area contributed by atoms with E-state index < -0.39 is 32.9 Å². The Morgan fingerprint density at radius 2 is 1.39 bits per heavy atom. The van der Waals surface area contributed by atoms with E-state index in [1.165, 1.54) is 0 Å². The van der Waals surface area contributed by atoms with Gasteiger partial charge in [-0.1, -0.05) is 47.5 Å². The summed E-state index contributed by atoms with van der Waals surface area (Å²) in [6.45, 7) is 3.81. The fourth-order valence-electron chi connectivity index (χ4n) is 3.03. The number of hydrogen-bond acceptors (Lipinski definition) is 3. The minimum atomic E-state index is -3.67. The largest absolute Gasteiger partial charge is 0.481 e. The van der Waals surface area contributed by atoms with Crippen LogP contribution in [0.3, 0.4) is 0 Å². The molecule has 1 aliphatic carbocycles. The highest BCUT2D eigenvalue weighted by atomic mass is 32.2. The smallest absolute Gasteiger partial charge is 0.308 e. The molecule has 1 aliphatic rings. The molecule has 120 valence electrons. The van der Waals surface area contributed by atoms with Gasteiger partial charge in [0.1, 0.15) is 0 Å². The first-order valence-electron chi connectivity index (χ1n) is 7.42. The van der Waals surface area contributed by atoms with Crippen LogP contribution in [0.25, 0.3) is 0 Å². The van der Waals surface area contributed by atoms with Crippen LogP contribution in [0.4, 0.5) is 0 Å². The van der Waals surface area contributed by atoms with Crippen LogP contribution in [-0.4, -0.2) is 24.7 Å². The maximum Gasteiger partial charge on any atom is 0.308 e. The van der Waals surface area contributed by atoms with Crippen molar-refractivity contribution in [3.8, 4) is 0 Å². The van der Waals surface area contributed by atoms with Crippen LogP contribution in [0.5, 0.6) is 0 Å². The summed E-state index contributed by atoms with van der Waals surface area (Å²) in [6.07, 6.45) is 0. The van der Waals surface area contributed by atoms with Crippen LogP contribution in [0.1, 0.15) is 22.6 Å². The van der Waals surface area contributed by atoms with Gasteiger partial charge in [0.05, 0.1) is 16.1 Å². The summed E-state index contributed by atoms with van der Waals surface area (Å²) < 4.78 is 25.6. The number of aryl methyl sites for hydroxylation is 2. The summed E-state index contributed by atoms with van der Waals surface area (Å²) in [7, 11) is -3.67. The Balaban J connectivity index is 1.98. The Kier molecular flexibility index (Phi) is 3.76. The standard InChI is InChI=1S/C18H18O4S/c1-11-3-7-13(8-4-11)15-16(18(19)20)17(15)23(21,22)14-9-5-12(2)6-10-14/h3-10,15-17H,1-2H3,(H,19,20)/t15-,16-,17-/m1/s1. The molecule has 3 atom stereocenters. The Morgan fingerprint density at radius 1 is 0.913 bits per heavy atom. The van der Waals surface area contributed by atoms with Crippen LogP contribution in [0.15, 0.2) is 53.4 Å². The van der Waals surface area contributed by atoms with E-state index in [2.05, 4.69) is 0 Å². The summed E-state index contributed by atoms with van der Waals surface area (Å²) >= 11 is 0.